The average Bonchev–Trinajstić information content (AvgIpc) is 3.09. The van der Waals surface area contributed by atoms with Crippen molar-refractivity contribution in [1.82, 2.24) is 0 Å². The van der Waals surface area contributed by atoms with Gasteiger partial charge in [0.05, 0.1) is 0 Å². The summed E-state index contributed by atoms with van der Waals surface area (Å²) in [5.74, 6) is 1.88. The van der Waals surface area contributed by atoms with Crippen LogP contribution in [0.4, 0.5) is 5.69 Å². The highest BCUT2D eigenvalue weighted by molar-refractivity contribution is 5.94. The molecule has 5 nitrogen and oxygen atoms in total. The lowest BCUT2D eigenvalue weighted by molar-refractivity contribution is -0.122. The van der Waals surface area contributed by atoms with Crippen LogP contribution >= 0.6 is 0 Å². The topological polar surface area (TPSA) is 56.8 Å². The molecular formula is C20H21NO4. The monoisotopic (exact) mass is 339 g/mol. The predicted octanol–water partition coefficient (Wildman–Crippen LogP) is 3.70. The maximum absolute atomic E-state index is 12.4. The number of aryl methyl sites for hydroxylation is 2. The van der Waals surface area contributed by atoms with Crippen molar-refractivity contribution in [3.05, 3.63) is 47.5 Å². The zero-order valence-corrected chi connectivity index (χ0v) is 14.2. The second-order valence-corrected chi connectivity index (χ2v) is 6.45. The Morgan fingerprint density at radius 2 is 1.84 bits per heavy atom. The summed E-state index contributed by atoms with van der Waals surface area (Å²) in [5.41, 5.74) is 3.40. The van der Waals surface area contributed by atoms with Crippen LogP contribution in [0, 0.1) is 0 Å². The molecule has 1 aliphatic carbocycles. The van der Waals surface area contributed by atoms with Crippen LogP contribution in [0.1, 0.15) is 30.9 Å². The number of rotatable bonds is 4. The molecule has 0 aromatic heterocycles. The summed E-state index contributed by atoms with van der Waals surface area (Å²) in [6.45, 7) is 1.96. The van der Waals surface area contributed by atoms with Gasteiger partial charge in [0, 0.05) is 11.8 Å². The fourth-order valence-electron chi connectivity index (χ4n) is 3.26. The molecule has 2 aromatic carbocycles. The molecule has 130 valence electrons. The standard InChI is InChI=1S/C20H21NO4/c1-13(25-17-8-6-14-4-2-3-5-15(14)10-17)20(22)21-16-7-9-18-19(11-16)24-12-23-18/h6-11,13H,2-5,12H2,1H3,(H,21,22)/t13-/m0/s1. The molecule has 0 spiro atoms. The van der Waals surface area contributed by atoms with Gasteiger partial charge in [-0.1, -0.05) is 6.07 Å². The minimum Gasteiger partial charge on any atom is -0.481 e. The Kier molecular flexibility index (Phi) is 4.22. The van der Waals surface area contributed by atoms with Crippen molar-refractivity contribution in [2.24, 2.45) is 0 Å². The van der Waals surface area contributed by atoms with Crippen LogP contribution < -0.4 is 19.5 Å². The number of carbonyl (C=O) groups excluding carboxylic acids is 1. The maximum atomic E-state index is 12.4. The van der Waals surface area contributed by atoms with E-state index in [0.717, 1.165) is 18.6 Å². The van der Waals surface area contributed by atoms with Crippen molar-refractivity contribution in [1.29, 1.82) is 0 Å². The van der Waals surface area contributed by atoms with Gasteiger partial charge in [-0.2, -0.15) is 0 Å². The Bertz CT molecular complexity index is 802. The SMILES string of the molecule is C[C@H](Oc1ccc2c(c1)CCCC2)C(=O)Nc1ccc2c(c1)OCO2. The summed E-state index contributed by atoms with van der Waals surface area (Å²) in [6.07, 6.45) is 4.10. The molecule has 1 aliphatic heterocycles. The molecule has 1 heterocycles. The number of hydrogen-bond donors (Lipinski definition) is 1. The smallest absolute Gasteiger partial charge is 0.265 e. The number of fused-ring (bicyclic) bond motifs is 2. The first-order valence-electron chi connectivity index (χ1n) is 8.68. The highest BCUT2D eigenvalue weighted by Gasteiger charge is 2.19. The van der Waals surface area contributed by atoms with Gasteiger partial charge in [0.1, 0.15) is 5.75 Å². The van der Waals surface area contributed by atoms with Crippen molar-refractivity contribution < 1.29 is 19.0 Å². The molecule has 2 aromatic rings. The summed E-state index contributed by atoms with van der Waals surface area (Å²) in [6, 6.07) is 11.5. The molecule has 25 heavy (non-hydrogen) atoms. The molecule has 0 fully saturated rings. The van der Waals surface area contributed by atoms with Crippen molar-refractivity contribution >= 4 is 11.6 Å². The van der Waals surface area contributed by atoms with Crippen molar-refractivity contribution in [3.63, 3.8) is 0 Å². The van der Waals surface area contributed by atoms with Gasteiger partial charge in [0.2, 0.25) is 6.79 Å². The van der Waals surface area contributed by atoms with E-state index in [-0.39, 0.29) is 12.7 Å². The fourth-order valence-corrected chi connectivity index (χ4v) is 3.26. The summed E-state index contributed by atoms with van der Waals surface area (Å²) >= 11 is 0. The number of carbonyl (C=O) groups is 1. The second-order valence-electron chi connectivity index (χ2n) is 6.45. The van der Waals surface area contributed by atoms with Crippen LogP contribution in [0.5, 0.6) is 17.2 Å². The molecule has 1 amide bonds. The molecule has 0 saturated heterocycles. The van der Waals surface area contributed by atoms with E-state index in [4.69, 9.17) is 14.2 Å². The van der Waals surface area contributed by atoms with Crippen LogP contribution in [-0.4, -0.2) is 18.8 Å². The number of ether oxygens (including phenoxy) is 3. The fraction of sp³-hybridized carbons (Fsp3) is 0.350. The summed E-state index contributed by atoms with van der Waals surface area (Å²) in [4.78, 5) is 12.4. The molecule has 0 unspecified atom stereocenters. The third kappa shape index (κ3) is 3.40. The normalized spacial score (nSPS) is 16.0. The Morgan fingerprint density at radius 3 is 2.72 bits per heavy atom. The van der Waals surface area contributed by atoms with Crippen molar-refractivity contribution in [2.75, 3.05) is 12.1 Å². The maximum Gasteiger partial charge on any atom is 0.265 e. The molecule has 1 atom stereocenters. The first kappa shape index (κ1) is 15.8. The molecular weight excluding hydrogens is 318 g/mol. The molecule has 0 radical (unpaired) electrons. The van der Waals surface area contributed by atoms with E-state index in [1.165, 1.54) is 24.0 Å². The van der Waals surface area contributed by atoms with E-state index >= 15 is 0 Å². The third-order valence-electron chi connectivity index (χ3n) is 4.64. The molecule has 0 saturated carbocycles. The number of anilines is 1. The van der Waals surface area contributed by atoms with Crippen LogP contribution in [0.15, 0.2) is 36.4 Å². The zero-order chi connectivity index (χ0) is 17.2. The molecule has 1 N–H and O–H groups in total. The quantitative estimate of drug-likeness (QED) is 0.923. The number of nitrogens with one attached hydrogen (secondary N) is 1. The van der Waals surface area contributed by atoms with Crippen molar-refractivity contribution in [2.45, 2.75) is 38.7 Å². The van der Waals surface area contributed by atoms with Gasteiger partial charge in [-0.25, -0.2) is 0 Å². The summed E-state index contributed by atoms with van der Waals surface area (Å²) in [5, 5.41) is 2.85. The lowest BCUT2D eigenvalue weighted by Gasteiger charge is -2.19. The van der Waals surface area contributed by atoms with Crippen LogP contribution in [0.2, 0.25) is 0 Å². The number of hydrogen-bond acceptors (Lipinski definition) is 4. The Hall–Kier alpha value is -2.69. The van der Waals surface area contributed by atoms with E-state index in [9.17, 15) is 4.79 Å². The highest BCUT2D eigenvalue weighted by atomic mass is 16.7. The molecule has 4 rings (SSSR count). The predicted molar refractivity (Wildman–Crippen MR) is 94.4 cm³/mol. The van der Waals surface area contributed by atoms with Gasteiger partial charge in [0.15, 0.2) is 17.6 Å². The minimum atomic E-state index is -0.591. The van der Waals surface area contributed by atoms with E-state index < -0.39 is 6.10 Å². The Morgan fingerprint density at radius 1 is 1.04 bits per heavy atom. The largest absolute Gasteiger partial charge is 0.481 e. The van der Waals surface area contributed by atoms with Crippen LogP contribution in [0.25, 0.3) is 0 Å². The van der Waals surface area contributed by atoms with E-state index in [1.807, 2.05) is 6.07 Å². The minimum absolute atomic E-state index is 0.198. The van der Waals surface area contributed by atoms with Crippen molar-refractivity contribution in [3.8, 4) is 17.2 Å². The van der Waals surface area contributed by atoms with E-state index in [1.54, 1.807) is 25.1 Å². The van der Waals surface area contributed by atoms with Crippen LogP contribution in [-0.2, 0) is 17.6 Å². The van der Waals surface area contributed by atoms with Gasteiger partial charge >= 0.3 is 0 Å². The summed E-state index contributed by atoms with van der Waals surface area (Å²) < 4.78 is 16.4. The van der Waals surface area contributed by atoms with Gasteiger partial charge in [-0.05, 0) is 68.0 Å². The van der Waals surface area contributed by atoms with E-state index in [0.29, 0.717) is 17.2 Å². The second kappa shape index (κ2) is 6.67. The highest BCUT2D eigenvalue weighted by Crippen LogP contribution is 2.34. The van der Waals surface area contributed by atoms with Crippen LogP contribution in [0.3, 0.4) is 0 Å². The van der Waals surface area contributed by atoms with Gasteiger partial charge < -0.3 is 19.5 Å². The third-order valence-corrected chi connectivity index (χ3v) is 4.64. The first-order valence-corrected chi connectivity index (χ1v) is 8.68. The Balaban J connectivity index is 1.40. The lowest BCUT2D eigenvalue weighted by atomic mass is 9.92. The molecule has 0 bridgehead atoms. The Labute approximate surface area is 146 Å². The first-order chi connectivity index (χ1) is 12.2. The van der Waals surface area contributed by atoms with Gasteiger partial charge in [0.25, 0.3) is 5.91 Å². The number of amides is 1. The molecule has 2 aliphatic rings. The zero-order valence-electron chi connectivity index (χ0n) is 14.2. The van der Waals surface area contributed by atoms with E-state index in [2.05, 4.69) is 17.4 Å². The number of benzene rings is 2. The van der Waals surface area contributed by atoms with Gasteiger partial charge in [-0.3, -0.25) is 4.79 Å². The summed E-state index contributed by atoms with van der Waals surface area (Å²) in [7, 11) is 0. The molecule has 5 heteroatoms. The average molecular weight is 339 g/mol. The van der Waals surface area contributed by atoms with Gasteiger partial charge in [-0.15, -0.1) is 0 Å². The lowest BCUT2D eigenvalue weighted by Crippen LogP contribution is -2.30.